The molecule has 0 aromatic heterocycles. The van der Waals surface area contributed by atoms with E-state index in [2.05, 4.69) is 26.1 Å². The van der Waals surface area contributed by atoms with Crippen LogP contribution in [-0.2, 0) is 0 Å². The third-order valence-electron chi connectivity index (χ3n) is 3.07. The smallest absolute Gasteiger partial charge is 0.165 e. The average molecular weight is 267 g/mol. The van der Waals surface area contributed by atoms with Crippen molar-refractivity contribution in [3.63, 3.8) is 0 Å². The van der Waals surface area contributed by atoms with E-state index in [1.807, 2.05) is 19.9 Å². The van der Waals surface area contributed by atoms with E-state index in [9.17, 15) is 4.39 Å². The van der Waals surface area contributed by atoms with Crippen molar-refractivity contribution in [2.75, 3.05) is 13.2 Å². The highest BCUT2D eigenvalue weighted by atomic mass is 19.1. The maximum atomic E-state index is 13.9. The molecular weight excluding hydrogens is 241 g/mol. The SMILES string of the molecule is CCNC(C)c1cccc(F)c1OCCC(C)(C)C. The van der Waals surface area contributed by atoms with Crippen LogP contribution in [0, 0.1) is 11.2 Å². The zero-order valence-electron chi connectivity index (χ0n) is 12.7. The molecule has 0 heterocycles. The quantitative estimate of drug-likeness (QED) is 0.829. The summed E-state index contributed by atoms with van der Waals surface area (Å²) in [4.78, 5) is 0. The Morgan fingerprint density at radius 2 is 2.00 bits per heavy atom. The molecule has 0 saturated carbocycles. The van der Waals surface area contributed by atoms with Gasteiger partial charge in [0, 0.05) is 11.6 Å². The minimum Gasteiger partial charge on any atom is -0.490 e. The van der Waals surface area contributed by atoms with Crippen LogP contribution in [0.1, 0.15) is 52.6 Å². The monoisotopic (exact) mass is 267 g/mol. The molecule has 0 radical (unpaired) electrons. The number of halogens is 1. The number of ether oxygens (including phenoxy) is 1. The molecule has 1 aromatic rings. The van der Waals surface area contributed by atoms with Gasteiger partial charge in [-0.25, -0.2) is 4.39 Å². The molecule has 108 valence electrons. The van der Waals surface area contributed by atoms with Gasteiger partial charge in [-0.15, -0.1) is 0 Å². The van der Waals surface area contributed by atoms with E-state index in [0.717, 1.165) is 18.5 Å². The molecule has 1 aromatic carbocycles. The van der Waals surface area contributed by atoms with Crippen LogP contribution in [0.4, 0.5) is 4.39 Å². The Morgan fingerprint density at radius 3 is 2.58 bits per heavy atom. The van der Waals surface area contributed by atoms with Crippen LogP contribution in [0.2, 0.25) is 0 Å². The van der Waals surface area contributed by atoms with Crippen LogP contribution < -0.4 is 10.1 Å². The van der Waals surface area contributed by atoms with Gasteiger partial charge in [-0.05, 0) is 31.4 Å². The zero-order valence-corrected chi connectivity index (χ0v) is 12.7. The maximum absolute atomic E-state index is 13.9. The third kappa shape index (κ3) is 5.19. The topological polar surface area (TPSA) is 21.3 Å². The van der Waals surface area contributed by atoms with Gasteiger partial charge in [0.15, 0.2) is 11.6 Å². The number of nitrogens with one attached hydrogen (secondary N) is 1. The van der Waals surface area contributed by atoms with Gasteiger partial charge in [-0.3, -0.25) is 0 Å². The summed E-state index contributed by atoms with van der Waals surface area (Å²) in [7, 11) is 0. The van der Waals surface area contributed by atoms with E-state index in [0.29, 0.717) is 12.4 Å². The Kier molecular flexibility index (Phi) is 5.80. The highest BCUT2D eigenvalue weighted by molar-refractivity contribution is 5.37. The van der Waals surface area contributed by atoms with E-state index in [4.69, 9.17) is 4.74 Å². The molecule has 3 heteroatoms. The lowest BCUT2D eigenvalue weighted by Crippen LogP contribution is -2.19. The Labute approximate surface area is 116 Å². The molecule has 0 aliphatic heterocycles. The van der Waals surface area contributed by atoms with E-state index < -0.39 is 0 Å². The van der Waals surface area contributed by atoms with Gasteiger partial charge >= 0.3 is 0 Å². The Hall–Kier alpha value is -1.09. The first kappa shape index (κ1) is 16.0. The Balaban J connectivity index is 2.80. The van der Waals surface area contributed by atoms with Crippen LogP contribution in [0.5, 0.6) is 5.75 Å². The second kappa shape index (κ2) is 6.90. The standard InChI is InChI=1S/C16H26FNO/c1-6-18-12(2)13-8-7-9-14(17)15(13)19-11-10-16(3,4)5/h7-9,12,18H,6,10-11H2,1-5H3. The number of para-hydroxylation sites is 1. The fraction of sp³-hybridized carbons (Fsp3) is 0.625. The van der Waals surface area contributed by atoms with E-state index in [-0.39, 0.29) is 17.3 Å². The number of hydrogen-bond acceptors (Lipinski definition) is 2. The Bertz CT molecular complexity index is 398. The molecular formula is C16H26FNO. The fourth-order valence-electron chi connectivity index (χ4n) is 1.89. The lowest BCUT2D eigenvalue weighted by molar-refractivity contribution is 0.232. The molecule has 0 aliphatic carbocycles. The number of benzene rings is 1. The fourth-order valence-corrected chi connectivity index (χ4v) is 1.89. The van der Waals surface area contributed by atoms with E-state index in [1.54, 1.807) is 6.07 Å². The van der Waals surface area contributed by atoms with Gasteiger partial charge in [0.2, 0.25) is 0 Å². The summed E-state index contributed by atoms with van der Waals surface area (Å²) in [5.41, 5.74) is 1.08. The van der Waals surface area contributed by atoms with Gasteiger partial charge in [0.25, 0.3) is 0 Å². The van der Waals surface area contributed by atoms with Crippen molar-refractivity contribution in [1.29, 1.82) is 0 Å². The second-order valence-electron chi connectivity index (χ2n) is 6.10. The summed E-state index contributed by atoms with van der Waals surface area (Å²) < 4.78 is 19.6. The normalized spacial score (nSPS) is 13.4. The lowest BCUT2D eigenvalue weighted by atomic mass is 9.93. The molecule has 0 amide bonds. The van der Waals surface area contributed by atoms with Crippen LogP contribution in [0.15, 0.2) is 18.2 Å². The van der Waals surface area contributed by atoms with Crippen molar-refractivity contribution in [1.82, 2.24) is 5.32 Å². The van der Waals surface area contributed by atoms with Crippen LogP contribution in [-0.4, -0.2) is 13.2 Å². The van der Waals surface area contributed by atoms with Gasteiger partial charge < -0.3 is 10.1 Å². The van der Waals surface area contributed by atoms with Crippen molar-refractivity contribution in [3.8, 4) is 5.75 Å². The molecule has 1 atom stereocenters. The van der Waals surface area contributed by atoms with Gasteiger partial charge in [0.1, 0.15) is 0 Å². The van der Waals surface area contributed by atoms with E-state index in [1.165, 1.54) is 6.07 Å². The predicted octanol–water partition coefficient (Wildman–Crippen LogP) is 4.31. The molecule has 1 rings (SSSR count). The minimum absolute atomic E-state index is 0.0883. The molecule has 0 saturated heterocycles. The van der Waals surface area contributed by atoms with Crippen molar-refractivity contribution < 1.29 is 9.13 Å². The predicted molar refractivity (Wildman–Crippen MR) is 78.1 cm³/mol. The third-order valence-corrected chi connectivity index (χ3v) is 3.07. The number of rotatable bonds is 6. The van der Waals surface area contributed by atoms with Crippen LogP contribution in [0.3, 0.4) is 0 Å². The van der Waals surface area contributed by atoms with Gasteiger partial charge in [-0.2, -0.15) is 0 Å². The lowest BCUT2D eigenvalue weighted by Gasteiger charge is -2.21. The van der Waals surface area contributed by atoms with Crippen molar-refractivity contribution in [3.05, 3.63) is 29.6 Å². The summed E-state index contributed by atoms with van der Waals surface area (Å²) in [5.74, 6) is 0.108. The van der Waals surface area contributed by atoms with Crippen LogP contribution >= 0.6 is 0 Å². The molecule has 0 bridgehead atoms. The highest BCUT2D eigenvalue weighted by Crippen LogP contribution is 2.29. The summed E-state index contributed by atoms with van der Waals surface area (Å²) in [5, 5.41) is 3.29. The Morgan fingerprint density at radius 1 is 1.32 bits per heavy atom. The molecule has 2 nitrogen and oxygen atoms in total. The largest absolute Gasteiger partial charge is 0.490 e. The van der Waals surface area contributed by atoms with Crippen molar-refractivity contribution in [2.24, 2.45) is 5.41 Å². The van der Waals surface area contributed by atoms with E-state index >= 15 is 0 Å². The molecule has 1 unspecified atom stereocenters. The summed E-state index contributed by atoms with van der Waals surface area (Å²) >= 11 is 0. The molecule has 0 fully saturated rings. The van der Waals surface area contributed by atoms with Crippen molar-refractivity contribution >= 4 is 0 Å². The minimum atomic E-state index is -0.281. The first-order valence-corrected chi connectivity index (χ1v) is 6.99. The maximum Gasteiger partial charge on any atom is 0.165 e. The summed E-state index contributed by atoms with van der Waals surface area (Å²) in [6.45, 7) is 11.9. The average Bonchev–Trinajstić information content (AvgIpc) is 2.30. The first-order valence-electron chi connectivity index (χ1n) is 6.99. The summed E-state index contributed by atoms with van der Waals surface area (Å²) in [6.07, 6.45) is 0.899. The molecule has 19 heavy (non-hydrogen) atoms. The first-order chi connectivity index (χ1) is 8.85. The molecule has 0 spiro atoms. The highest BCUT2D eigenvalue weighted by Gasteiger charge is 2.16. The van der Waals surface area contributed by atoms with Gasteiger partial charge in [0.05, 0.1) is 6.61 Å². The summed E-state index contributed by atoms with van der Waals surface area (Å²) in [6, 6.07) is 5.19. The van der Waals surface area contributed by atoms with Gasteiger partial charge in [-0.1, -0.05) is 39.8 Å². The van der Waals surface area contributed by atoms with Crippen molar-refractivity contribution in [2.45, 2.75) is 47.1 Å². The molecule has 1 N–H and O–H groups in total. The zero-order chi connectivity index (χ0) is 14.5. The van der Waals surface area contributed by atoms with Crippen LogP contribution in [0.25, 0.3) is 0 Å². The number of hydrogen-bond donors (Lipinski definition) is 1. The second-order valence-corrected chi connectivity index (χ2v) is 6.10. The molecule has 0 aliphatic rings.